The number of nitrogens with one attached hydrogen (secondary N) is 2. The second-order valence-electron chi connectivity index (χ2n) is 6.04. The van der Waals surface area contributed by atoms with Crippen LogP contribution in [0.15, 0.2) is 27.8 Å². The molecule has 0 bridgehead atoms. The van der Waals surface area contributed by atoms with E-state index in [9.17, 15) is 9.59 Å². The molecule has 1 saturated heterocycles. The molecule has 1 aromatic heterocycles. The van der Waals surface area contributed by atoms with Gasteiger partial charge in [0.15, 0.2) is 5.96 Å². The number of nitrogens with zero attached hydrogens (tertiary/aromatic N) is 2. The molecule has 0 aromatic carbocycles. The zero-order valence-electron chi connectivity index (χ0n) is 15.9. The number of esters is 1. The number of ether oxygens (including phenoxy) is 1. The highest BCUT2D eigenvalue weighted by Gasteiger charge is 2.27. The Morgan fingerprint density at radius 1 is 1.30 bits per heavy atom. The van der Waals surface area contributed by atoms with E-state index >= 15 is 0 Å². The maximum Gasteiger partial charge on any atom is 0.309 e. The number of guanidine groups is 1. The van der Waals surface area contributed by atoms with E-state index in [1.54, 1.807) is 18.4 Å². The maximum atomic E-state index is 12.0. The zero-order valence-corrected chi connectivity index (χ0v) is 18.2. The molecule has 2 rings (SSSR count). The normalized spacial score (nSPS) is 15.0. The van der Waals surface area contributed by atoms with Gasteiger partial charge in [-0.05, 0) is 38.8 Å². The average Bonchev–Trinajstić information content (AvgIpc) is 3.17. The number of furan rings is 1. The fourth-order valence-corrected chi connectivity index (χ4v) is 2.81. The summed E-state index contributed by atoms with van der Waals surface area (Å²) in [5.74, 6) is 1.06. The molecule has 1 aliphatic heterocycles. The third kappa shape index (κ3) is 7.77. The first-order chi connectivity index (χ1) is 12.6. The minimum absolute atomic E-state index is 0. The number of halogens is 1. The molecule has 1 aromatic rings. The van der Waals surface area contributed by atoms with Gasteiger partial charge in [0.2, 0.25) is 5.91 Å². The Hall–Kier alpha value is -1.78. The molecular weight excluding hydrogens is 463 g/mol. The Morgan fingerprint density at radius 2 is 2.04 bits per heavy atom. The number of piperidine rings is 1. The van der Waals surface area contributed by atoms with Gasteiger partial charge in [0.25, 0.3) is 0 Å². The smallest absolute Gasteiger partial charge is 0.309 e. The summed E-state index contributed by atoms with van der Waals surface area (Å²) in [5, 5.41) is 5.98. The molecule has 0 saturated carbocycles. The van der Waals surface area contributed by atoms with Crippen molar-refractivity contribution < 1.29 is 18.7 Å². The van der Waals surface area contributed by atoms with Crippen LogP contribution in [0.25, 0.3) is 0 Å². The maximum absolute atomic E-state index is 12.0. The lowest BCUT2D eigenvalue weighted by molar-refractivity contribution is -0.149. The van der Waals surface area contributed by atoms with Crippen molar-refractivity contribution in [1.29, 1.82) is 0 Å². The Bertz CT molecular complexity index is 599. The van der Waals surface area contributed by atoms with Crippen LogP contribution in [0, 0.1) is 5.92 Å². The highest BCUT2D eigenvalue weighted by Crippen LogP contribution is 2.18. The summed E-state index contributed by atoms with van der Waals surface area (Å²) in [5.41, 5.74) is 0. The lowest BCUT2D eigenvalue weighted by Crippen LogP contribution is -2.47. The van der Waals surface area contributed by atoms with Crippen LogP contribution >= 0.6 is 24.0 Å². The first-order valence-electron chi connectivity index (χ1n) is 9.13. The van der Waals surface area contributed by atoms with Gasteiger partial charge in [-0.1, -0.05) is 0 Å². The summed E-state index contributed by atoms with van der Waals surface area (Å²) in [6.45, 7) is 6.75. The monoisotopic (exact) mass is 492 g/mol. The molecule has 0 aliphatic carbocycles. The Kier molecular flexibility index (Phi) is 10.8. The third-order valence-corrected chi connectivity index (χ3v) is 4.16. The van der Waals surface area contributed by atoms with Crippen LogP contribution < -0.4 is 10.6 Å². The lowest BCUT2D eigenvalue weighted by atomic mass is 9.97. The van der Waals surface area contributed by atoms with E-state index < -0.39 is 0 Å². The van der Waals surface area contributed by atoms with Gasteiger partial charge in [-0.15, -0.1) is 24.0 Å². The van der Waals surface area contributed by atoms with Crippen molar-refractivity contribution in [2.75, 3.05) is 32.8 Å². The van der Waals surface area contributed by atoms with Crippen LogP contribution in [0.4, 0.5) is 0 Å². The first kappa shape index (κ1) is 23.3. The summed E-state index contributed by atoms with van der Waals surface area (Å²) in [7, 11) is 0. The van der Waals surface area contributed by atoms with Crippen LogP contribution in [-0.2, 0) is 20.9 Å². The van der Waals surface area contributed by atoms with E-state index in [4.69, 9.17) is 9.15 Å². The third-order valence-electron chi connectivity index (χ3n) is 4.16. The van der Waals surface area contributed by atoms with Crippen LogP contribution in [0.1, 0.15) is 32.4 Å². The van der Waals surface area contributed by atoms with Gasteiger partial charge in [0.05, 0.1) is 25.3 Å². The largest absolute Gasteiger partial charge is 0.467 e. The van der Waals surface area contributed by atoms with E-state index in [1.807, 2.05) is 13.8 Å². The molecule has 0 atom stereocenters. The molecule has 0 unspecified atom stereocenters. The van der Waals surface area contributed by atoms with Crippen molar-refractivity contribution in [3.8, 4) is 0 Å². The van der Waals surface area contributed by atoms with Gasteiger partial charge in [0, 0.05) is 19.6 Å². The number of rotatable bonds is 7. The number of aliphatic imine (C=N–C) groups is 1. The highest BCUT2D eigenvalue weighted by atomic mass is 127. The number of carbonyl (C=O) groups is 2. The molecule has 1 aliphatic rings. The number of likely N-dealkylation sites (tertiary alicyclic amines) is 1. The summed E-state index contributed by atoms with van der Waals surface area (Å²) >= 11 is 0. The van der Waals surface area contributed by atoms with Gasteiger partial charge in [-0.25, -0.2) is 4.99 Å². The van der Waals surface area contributed by atoms with Gasteiger partial charge in [-0.3, -0.25) is 9.59 Å². The van der Waals surface area contributed by atoms with Gasteiger partial charge in [0.1, 0.15) is 12.3 Å². The van der Waals surface area contributed by atoms with Crippen molar-refractivity contribution in [1.82, 2.24) is 15.5 Å². The molecule has 1 amide bonds. The summed E-state index contributed by atoms with van der Waals surface area (Å²) in [4.78, 5) is 30.3. The van der Waals surface area contributed by atoms with Crippen molar-refractivity contribution >= 4 is 41.8 Å². The van der Waals surface area contributed by atoms with Crippen LogP contribution in [0.2, 0.25) is 0 Å². The number of amides is 1. The fourth-order valence-electron chi connectivity index (χ4n) is 2.81. The summed E-state index contributed by atoms with van der Waals surface area (Å²) in [6, 6.07) is 3.59. The predicted molar refractivity (Wildman–Crippen MR) is 113 cm³/mol. The highest BCUT2D eigenvalue weighted by molar-refractivity contribution is 14.0. The fraction of sp³-hybridized carbons (Fsp3) is 0.611. The molecule has 152 valence electrons. The molecule has 2 N–H and O–H groups in total. The molecule has 0 spiro atoms. The molecule has 8 nitrogen and oxygen atoms in total. The molecule has 1 fully saturated rings. The van der Waals surface area contributed by atoms with E-state index in [1.165, 1.54) is 0 Å². The molecule has 0 radical (unpaired) electrons. The van der Waals surface area contributed by atoms with Crippen molar-refractivity contribution in [2.24, 2.45) is 10.9 Å². The summed E-state index contributed by atoms with van der Waals surface area (Å²) in [6.07, 6.45) is 3.03. The SMILES string of the molecule is CCNC(=NCC(=O)NCc1ccco1)N1CCC(C(=O)OCC)CC1.I. The average molecular weight is 492 g/mol. The number of carbonyl (C=O) groups excluding carboxylic acids is 2. The van der Waals surface area contributed by atoms with E-state index in [0.717, 1.165) is 12.8 Å². The van der Waals surface area contributed by atoms with E-state index in [2.05, 4.69) is 20.5 Å². The number of hydrogen-bond donors (Lipinski definition) is 2. The summed E-state index contributed by atoms with van der Waals surface area (Å²) < 4.78 is 10.3. The van der Waals surface area contributed by atoms with Gasteiger partial charge in [-0.2, -0.15) is 0 Å². The number of hydrogen-bond acceptors (Lipinski definition) is 5. The van der Waals surface area contributed by atoms with Crippen LogP contribution in [-0.4, -0.2) is 55.5 Å². The van der Waals surface area contributed by atoms with Crippen molar-refractivity contribution in [3.63, 3.8) is 0 Å². The Labute approximate surface area is 177 Å². The molecule has 27 heavy (non-hydrogen) atoms. The second-order valence-corrected chi connectivity index (χ2v) is 6.04. The quantitative estimate of drug-likeness (QED) is 0.261. The van der Waals surface area contributed by atoms with Gasteiger partial charge >= 0.3 is 5.97 Å². The molecule has 2 heterocycles. The van der Waals surface area contributed by atoms with Gasteiger partial charge < -0.3 is 24.7 Å². The van der Waals surface area contributed by atoms with E-state index in [0.29, 0.717) is 44.5 Å². The molecule has 9 heteroatoms. The van der Waals surface area contributed by atoms with E-state index in [-0.39, 0.29) is 48.3 Å². The minimum Gasteiger partial charge on any atom is -0.467 e. The molecular formula is C18H29IN4O4. The minimum atomic E-state index is -0.168. The predicted octanol–water partition coefficient (Wildman–Crippen LogP) is 1.75. The Morgan fingerprint density at radius 3 is 2.63 bits per heavy atom. The van der Waals surface area contributed by atoms with Crippen molar-refractivity contribution in [2.45, 2.75) is 33.2 Å². The van der Waals surface area contributed by atoms with Crippen LogP contribution in [0.3, 0.4) is 0 Å². The zero-order chi connectivity index (χ0) is 18.8. The first-order valence-corrected chi connectivity index (χ1v) is 9.13. The lowest BCUT2D eigenvalue weighted by Gasteiger charge is -2.33. The second kappa shape index (κ2) is 12.6. The Balaban J connectivity index is 0.00000364. The van der Waals surface area contributed by atoms with Crippen LogP contribution in [0.5, 0.6) is 0 Å². The standard InChI is InChI=1S/C18H28N4O4.HI/c1-3-19-18(21-13-16(23)20-12-15-6-5-11-26-15)22-9-7-14(8-10-22)17(24)25-4-2;/h5-6,11,14H,3-4,7-10,12-13H2,1-2H3,(H,19,21)(H,20,23);1H. The topological polar surface area (TPSA) is 96.2 Å². The van der Waals surface area contributed by atoms with Crippen molar-refractivity contribution in [3.05, 3.63) is 24.2 Å².